The van der Waals surface area contributed by atoms with Gasteiger partial charge in [0.25, 0.3) is 5.92 Å². The van der Waals surface area contributed by atoms with E-state index in [1.165, 1.54) is 4.90 Å². The SMILES string of the molecule is O=C(N1CCC(F)(F)C1)N1CCCC1C1CCNCC1. The van der Waals surface area contributed by atoms with Gasteiger partial charge in [-0.3, -0.25) is 0 Å². The lowest BCUT2D eigenvalue weighted by atomic mass is 9.89. The number of rotatable bonds is 1. The van der Waals surface area contributed by atoms with Gasteiger partial charge < -0.3 is 15.1 Å². The monoisotopic (exact) mass is 287 g/mol. The van der Waals surface area contributed by atoms with Crippen LogP contribution in [0.15, 0.2) is 0 Å². The highest BCUT2D eigenvalue weighted by Gasteiger charge is 2.44. The molecule has 3 heterocycles. The van der Waals surface area contributed by atoms with Crippen LogP contribution in [-0.2, 0) is 0 Å². The molecule has 0 aromatic rings. The van der Waals surface area contributed by atoms with E-state index in [2.05, 4.69) is 5.32 Å². The summed E-state index contributed by atoms with van der Waals surface area (Å²) in [6.45, 7) is 2.54. The number of likely N-dealkylation sites (tertiary alicyclic amines) is 2. The van der Waals surface area contributed by atoms with E-state index in [1.807, 2.05) is 4.90 Å². The molecule has 1 N–H and O–H groups in total. The molecule has 114 valence electrons. The van der Waals surface area contributed by atoms with Crippen molar-refractivity contribution < 1.29 is 13.6 Å². The molecule has 20 heavy (non-hydrogen) atoms. The summed E-state index contributed by atoms with van der Waals surface area (Å²) in [5, 5.41) is 3.34. The fourth-order valence-electron chi connectivity index (χ4n) is 3.83. The minimum atomic E-state index is -2.69. The summed E-state index contributed by atoms with van der Waals surface area (Å²) in [5.74, 6) is -2.16. The van der Waals surface area contributed by atoms with Crippen molar-refractivity contribution in [2.24, 2.45) is 5.92 Å². The van der Waals surface area contributed by atoms with Crippen molar-refractivity contribution in [3.05, 3.63) is 0 Å². The third-order valence-corrected chi connectivity index (χ3v) is 4.91. The minimum Gasteiger partial charge on any atom is -0.321 e. The van der Waals surface area contributed by atoms with Crippen LogP contribution in [-0.4, -0.2) is 60.5 Å². The number of amides is 2. The van der Waals surface area contributed by atoms with Crippen molar-refractivity contribution in [1.82, 2.24) is 15.1 Å². The maximum Gasteiger partial charge on any atom is 0.320 e. The van der Waals surface area contributed by atoms with Gasteiger partial charge in [0.2, 0.25) is 0 Å². The lowest BCUT2D eigenvalue weighted by Gasteiger charge is -2.36. The van der Waals surface area contributed by atoms with Gasteiger partial charge in [0.15, 0.2) is 0 Å². The van der Waals surface area contributed by atoms with E-state index in [9.17, 15) is 13.6 Å². The van der Waals surface area contributed by atoms with E-state index in [-0.39, 0.29) is 25.0 Å². The normalized spacial score (nSPS) is 31.0. The highest BCUT2D eigenvalue weighted by Crippen LogP contribution is 2.33. The standard InChI is InChI=1S/C14H23F2N3O/c15-14(16)5-9-18(10-14)13(20)19-8-1-2-12(19)11-3-6-17-7-4-11/h11-12,17H,1-10H2. The van der Waals surface area contributed by atoms with Crippen LogP contribution in [0.4, 0.5) is 13.6 Å². The van der Waals surface area contributed by atoms with Crippen LogP contribution in [0.25, 0.3) is 0 Å². The molecule has 3 aliphatic heterocycles. The molecule has 0 saturated carbocycles. The molecule has 3 rings (SSSR count). The average Bonchev–Trinajstić information content (AvgIpc) is 3.05. The number of urea groups is 1. The number of hydrogen-bond donors (Lipinski definition) is 1. The fourth-order valence-corrected chi connectivity index (χ4v) is 3.83. The number of hydrogen-bond acceptors (Lipinski definition) is 2. The van der Waals surface area contributed by atoms with Crippen LogP contribution in [0.1, 0.15) is 32.1 Å². The average molecular weight is 287 g/mol. The first kappa shape index (κ1) is 14.0. The maximum atomic E-state index is 13.3. The summed E-state index contributed by atoms with van der Waals surface area (Å²) >= 11 is 0. The Balaban J connectivity index is 1.64. The topological polar surface area (TPSA) is 35.6 Å². The van der Waals surface area contributed by atoms with Crippen molar-refractivity contribution in [3.8, 4) is 0 Å². The molecule has 3 fully saturated rings. The van der Waals surface area contributed by atoms with Gasteiger partial charge in [-0.05, 0) is 44.7 Å². The minimum absolute atomic E-state index is 0.164. The van der Waals surface area contributed by atoms with Crippen LogP contribution in [0.5, 0.6) is 0 Å². The zero-order chi connectivity index (χ0) is 14.2. The first-order valence-corrected chi connectivity index (χ1v) is 7.71. The molecule has 0 radical (unpaired) electrons. The Labute approximate surface area is 118 Å². The van der Waals surface area contributed by atoms with E-state index in [0.717, 1.165) is 45.3 Å². The maximum absolute atomic E-state index is 13.3. The highest BCUT2D eigenvalue weighted by atomic mass is 19.3. The third-order valence-electron chi connectivity index (χ3n) is 4.91. The number of halogens is 2. The third kappa shape index (κ3) is 2.75. The summed E-state index contributed by atoms with van der Waals surface area (Å²) in [6.07, 6.45) is 4.02. The molecule has 0 aromatic heterocycles. The van der Waals surface area contributed by atoms with Gasteiger partial charge >= 0.3 is 6.03 Å². The second-order valence-corrected chi connectivity index (χ2v) is 6.30. The van der Waals surface area contributed by atoms with Crippen molar-refractivity contribution in [3.63, 3.8) is 0 Å². The molecule has 6 heteroatoms. The Bertz CT molecular complexity index is 371. The van der Waals surface area contributed by atoms with Gasteiger partial charge in [0.05, 0.1) is 6.54 Å². The van der Waals surface area contributed by atoms with Crippen molar-refractivity contribution in [1.29, 1.82) is 0 Å². The fraction of sp³-hybridized carbons (Fsp3) is 0.929. The molecule has 1 atom stereocenters. The zero-order valence-electron chi connectivity index (χ0n) is 11.8. The van der Waals surface area contributed by atoms with E-state index in [0.29, 0.717) is 5.92 Å². The van der Waals surface area contributed by atoms with Crippen molar-refractivity contribution in [2.45, 2.75) is 44.1 Å². The number of carbonyl (C=O) groups excluding carboxylic acids is 1. The predicted molar refractivity (Wildman–Crippen MR) is 71.9 cm³/mol. The molecule has 2 amide bonds. The highest BCUT2D eigenvalue weighted by molar-refractivity contribution is 5.75. The first-order valence-electron chi connectivity index (χ1n) is 7.71. The molecule has 0 aromatic carbocycles. The number of piperidine rings is 1. The van der Waals surface area contributed by atoms with E-state index in [1.54, 1.807) is 0 Å². The number of nitrogens with zero attached hydrogens (tertiary/aromatic N) is 2. The first-order chi connectivity index (χ1) is 9.57. The van der Waals surface area contributed by atoms with Crippen LogP contribution in [0, 0.1) is 5.92 Å². The molecule has 1 unspecified atom stereocenters. The van der Waals surface area contributed by atoms with Gasteiger partial charge in [0, 0.05) is 25.6 Å². The van der Waals surface area contributed by atoms with Crippen molar-refractivity contribution >= 4 is 6.03 Å². The molecular weight excluding hydrogens is 264 g/mol. The Hall–Kier alpha value is -0.910. The van der Waals surface area contributed by atoms with E-state index in [4.69, 9.17) is 0 Å². The second-order valence-electron chi connectivity index (χ2n) is 6.30. The molecule has 3 saturated heterocycles. The molecule has 0 aliphatic carbocycles. The van der Waals surface area contributed by atoms with Crippen LogP contribution in [0.3, 0.4) is 0 Å². The van der Waals surface area contributed by atoms with Gasteiger partial charge in [-0.1, -0.05) is 0 Å². The molecule has 3 aliphatic rings. The quantitative estimate of drug-likeness (QED) is 0.799. The molecule has 0 bridgehead atoms. The molecule has 4 nitrogen and oxygen atoms in total. The van der Waals surface area contributed by atoms with Crippen molar-refractivity contribution in [2.75, 3.05) is 32.7 Å². The predicted octanol–water partition coefficient (Wildman–Crippen LogP) is 1.91. The van der Waals surface area contributed by atoms with Gasteiger partial charge in [0.1, 0.15) is 0 Å². The summed E-state index contributed by atoms with van der Waals surface area (Å²) in [4.78, 5) is 15.7. The molecular formula is C14H23F2N3O. The van der Waals surface area contributed by atoms with Crippen LogP contribution >= 0.6 is 0 Å². The number of carbonyl (C=O) groups is 1. The lowest BCUT2D eigenvalue weighted by Crippen LogP contribution is -2.49. The second kappa shape index (κ2) is 5.47. The molecule has 0 spiro atoms. The lowest BCUT2D eigenvalue weighted by molar-refractivity contribution is 0.0131. The zero-order valence-corrected chi connectivity index (χ0v) is 11.8. The smallest absolute Gasteiger partial charge is 0.320 e. The Morgan fingerprint density at radius 1 is 1.15 bits per heavy atom. The van der Waals surface area contributed by atoms with Gasteiger partial charge in [-0.2, -0.15) is 0 Å². The summed E-state index contributed by atoms with van der Waals surface area (Å²) in [5.41, 5.74) is 0. The Morgan fingerprint density at radius 2 is 1.90 bits per heavy atom. The number of nitrogens with one attached hydrogen (secondary N) is 1. The van der Waals surface area contributed by atoms with Crippen LogP contribution < -0.4 is 5.32 Å². The largest absolute Gasteiger partial charge is 0.321 e. The summed E-state index contributed by atoms with van der Waals surface area (Å²) in [7, 11) is 0. The summed E-state index contributed by atoms with van der Waals surface area (Å²) in [6, 6.07) is 0.0991. The van der Waals surface area contributed by atoms with Gasteiger partial charge in [-0.15, -0.1) is 0 Å². The Morgan fingerprint density at radius 3 is 2.55 bits per heavy atom. The number of alkyl halides is 2. The van der Waals surface area contributed by atoms with E-state index < -0.39 is 12.5 Å². The van der Waals surface area contributed by atoms with Crippen LogP contribution in [0.2, 0.25) is 0 Å². The Kier molecular flexibility index (Phi) is 3.84. The van der Waals surface area contributed by atoms with Gasteiger partial charge in [-0.25, -0.2) is 13.6 Å². The van der Waals surface area contributed by atoms with E-state index >= 15 is 0 Å². The summed E-state index contributed by atoms with van der Waals surface area (Å²) < 4.78 is 26.5.